The molecule has 0 aliphatic rings. The van der Waals surface area contributed by atoms with Crippen LogP contribution >= 0.6 is 11.6 Å². The molecule has 3 aromatic rings. The second-order valence-electron chi connectivity index (χ2n) is 9.05. The minimum absolute atomic E-state index is 0.0501. The first-order valence-corrected chi connectivity index (χ1v) is 14.4. The average molecular weight is 556 g/mol. The van der Waals surface area contributed by atoms with Gasteiger partial charge in [0, 0.05) is 18.1 Å². The molecule has 0 aliphatic carbocycles. The molecule has 3 aromatic carbocycles. The number of carbonyl (C=O) groups excluding carboxylic acids is 2. The van der Waals surface area contributed by atoms with E-state index in [1.54, 1.807) is 37.3 Å². The van der Waals surface area contributed by atoms with E-state index in [-0.39, 0.29) is 23.0 Å². The number of rotatable bonds is 12. The minimum atomic E-state index is -4.11. The van der Waals surface area contributed by atoms with Crippen molar-refractivity contribution in [1.82, 2.24) is 10.2 Å². The Morgan fingerprint density at radius 1 is 0.974 bits per heavy atom. The molecule has 0 bridgehead atoms. The number of hydrogen-bond donors (Lipinski definition) is 1. The third-order valence-electron chi connectivity index (χ3n) is 6.25. The Labute approximate surface area is 230 Å². The summed E-state index contributed by atoms with van der Waals surface area (Å²) >= 11 is 6.34. The van der Waals surface area contributed by atoms with Gasteiger partial charge >= 0.3 is 0 Å². The van der Waals surface area contributed by atoms with Gasteiger partial charge in [-0.25, -0.2) is 8.42 Å². The van der Waals surface area contributed by atoms with Crippen LogP contribution in [0.4, 0.5) is 5.69 Å². The lowest BCUT2D eigenvalue weighted by molar-refractivity contribution is -0.138. The number of aryl methyl sites for hydroxylation is 1. The number of benzene rings is 3. The standard InChI is InChI=1S/C29H34ClN3O4S/c1-4-18-31-29(35)23(3)32(19-17-24-11-7-5-8-12-24)28(34)21-33(25-16-15-22(2)27(30)20-25)38(36,37)26-13-9-6-10-14-26/h5-16,20,23H,4,17-19,21H2,1-3H3,(H,31,35)/t23-/m1/s1. The number of carbonyl (C=O) groups is 2. The summed E-state index contributed by atoms with van der Waals surface area (Å²) in [6, 6.07) is 21.7. The molecule has 7 nitrogen and oxygen atoms in total. The lowest BCUT2D eigenvalue weighted by atomic mass is 10.1. The number of hydrogen-bond acceptors (Lipinski definition) is 4. The van der Waals surface area contributed by atoms with Gasteiger partial charge in [0.05, 0.1) is 10.6 Å². The second kappa shape index (κ2) is 13.4. The van der Waals surface area contributed by atoms with E-state index >= 15 is 0 Å². The van der Waals surface area contributed by atoms with Crippen LogP contribution < -0.4 is 9.62 Å². The van der Waals surface area contributed by atoms with Gasteiger partial charge in [0.2, 0.25) is 11.8 Å². The summed E-state index contributed by atoms with van der Waals surface area (Å²) in [4.78, 5) is 28.2. The highest BCUT2D eigenvalue weighted by Crippen LogP contribution is 2.28. The molecular formula is C29H34ClN3O4S. The van der Waals surface area contributed by atoms with Crippen LogP contribution in [-0.4, -0.2) is 50.8 Å². The summed E-state index contributed by atoms with van der Waals surface area (Å²) in [5, 5.41) is 3.22. The second-order valence-corrected chi connectivity index (χ2v) is 11.3. The Hall–Kier alpha value is -3.36. The Morgan fingerprint density at radius 3 is 2.21 bits per heavy atom. The summed E-state index contributed by atoms with van der Waals surface area (Å²) in [7, 11) is -4.11. The Bertz CT molecular complexity index is 1330. The van der Waals surface area contributed by atoms with Crippen LogP contribution in [-0.2, 0) is 26.0 Å². The van der Waals surface area contributed by atoms with Crippen molar-refractivity contribution < 1.29 is 18.0 Å². The van der Waals surface area contributed by atoms with Gasteiger partial charge in [0.25, 0.3) is 10.0 Å². The van der Waals surface area contributed by atoms with Gasteiger partial charge in [-0.3, -0.25) is 13.9 Å². The molecule has 0 spiro atoms. The van der Waals surface area contributed by atoms with E-state index in [4.69, 9.17) is 11.6 Å². The largest absolute Gasteiger partial charge is 0.354 e. The van der Waals surface area contributed by atoms with Crippen molar-refractivity contribution in [3.8, 4) is 0 Å². The zero-order chi connectivity index (χ0) is 27.7. The molecule has 0 saturated carbocycles. The van der Waals surface area contributed by atoms with Gasteiger partial charge in [-0.05, 0) is 62.1 Å². The van der Waals surface area contributed by atoms with Crippen molar-refractivity contribution in [3.05, 3.63) is 95.0 Å². The summed E-state index contributed by atoms with van der Waals surface area (Å²) < 4.78 is 28.5. The Morgan fingerprint density at radius 2 is 1.61 bits per heavy atom. The van der Waals surface area contributed by atoms with Crippen LogP contribution in [0.1, 0.15) is 31.4 Å². The molecule has 0 aromatic heterocycles. The van der Waals surface area contributed by atoms with Gasteiger partial charge in [0.1, 0.15) is 12.6 Å². The van der Waals surface area contributed by atoms with Crippen LogP contribution in [0.5, 0.6) is 0 Å². The molecule has 0 heterocycles. The van der Waals surface area contributed by atoms with Gasteiger partial charge in [-0.1, -0.05) is 73.1 Å². The summed E-state index contributed by atoms with van der Waals surface area (Å²) in [6.07, 6.45) is 1.27. The number of nitrogens with one attached hydrogen (secondary N) is 1. The van der Waals surface area contributed by atoms with E-state index in [0.29, 0.717) is 18.0 Å². The lowest BCUT2D eigenvalue weighted by Crippen LogP contribution is -2.52. The van der Waals surface area contributed by atoms with Crippen molar-refractivity contribution >= 4 is 39.1 Å². The van der Waals surface area contributed by atoms with Crippen molar-refractivity contribution in [3.63, 3.8) is 0 Å². The quantitative estimate of drug-likeness (QED) is 0.347. The van der Waals surface area contributed by atoms with Crippen LogP contribution in [0.15, 0.2) is 83.8 Å². The molecular weight excluding hydrogens is 522 g/mol. The molecule has 0 radical (unpaired) electrons. The van der Waals surface area contributed by atoms with Gasteiger partial charge in [0.15, 0.2) is 0 Å². The third-order valence-corrected chi connectivity index (χ3v) is 8.45. The maximum atomic E-state index is 13.8. The maximum absolute atomic E-state index is 13.8. The summed E-state index contributed by atoms with van der Waals surface area (Å²) in [5.74, 6) is -0.777. The van der Waals surface area contributed by atoms with Crippen molar-refractivity contribution in [2.24, 2.45) is 0 Å². The number of amides is 2. The SMILES string of the molecule is CCCNC(=O)[C@@H](C)N(CCc1ccccc1)C(=O)CN(c1ccc(C)c(Cl)c1)S(=O)(=O)c1ccccc1. The van der Waals surface area contributed by atoms with Crippen LogP contribution in [0.2, 0.25) is 5.02 Å². The molecule has 1 N–H and O–H groups in total. The minimum Gasteiger partial charge on any atom is -0.354 e. The summed E-state index contributed by atoms with van der Waals surface area (Å²) in [6.45, 7) is 5.67. The highest BCUT2D eigenvalue weighted by atomic mass is 35.5. The van der Waals surface area contributed by atoms with Crippen molar-refractivity contribution in [2.45, 2.75) is 44.6 Å². The van der Waals surface area contributed by atoms with Gasteiger partial charge in [-0.15, -0.1) is 0 Å². The fourth-order valence-electron chi connectivity index (χ4n) is 3.95. The van der Waals surface area contributed by atoms with Crippen LogP contribution in [0.25, 0.3) is 0 Å². The number of anilines is 1. The number of nitrogens with zero attached hydrogens (tertiary/aromatic N) is 2. The third kappa shape index (κ3) is 7.36. The van der Waals surface area contributed by atoms with E-state index < -0.39 is 28.5 Å². The molecule has 0 unspecified atom stereocenters. The molecule has 0 saturated heterocycles. The van der Waals surface area contributed by atoms with Crippen LogP contribution in [0, 0.1) is 6.92 Å². The van der Waals surface area contributed by atoms with Crippen molar-refractivity contribution in [1.29, 1.82) is 0 Å². The Kier molecular flexibility index (Phi) is 10.3. The molecule has 0 fully saturated rings. The highest BCUT2D eigenvalue weighted by molar-refractivity contribution is 7.92. The van der Waals surface area contributed by atoms with Gasteiger partial charge in [-0.2, -0.15) is 0 Å². The highest BCUT2D eigenvalue weighted by Gasteiger charge is 2.32. The van der Waals surface area contributed by atoms with E-state index in [1.807, 2.05) is 44.2 Å². The average Bonchev–Trinajstić information content (AvgIpc) is 2.92. The smallest absolute Gasteiger partial charge is 0.264 e. The summed E-state index contributed by atoms with van der Waals surface area (Å²) in [5.41, 5.74) is 2.05. The number of halogens is 1. The zero-order valence-electron chi connectivity index (χ0n) is 21.9. The topological polar surface area (TPSA) is 86.8 Å². The van der Waals surface area contributed by atoms with Crippen LogP contribution in [0.3, 0.4) is 0 Å². The van der Waals surface area contributed by atoms with E-state index in [9.17, 15) is 18.0 Å². The molecule has 2 amide bonds. The first kappa shape index (κ1) is 29.2. The van der Waals surface area contributed by atoms with E-state index in [2.05, 4.69) is 5.32 Å². The van der Waals surface area contributed by atoms with Gasteiger partial charge < -0.3 is 10.2 Å². The monoisotopic (exact) mass is 555 g/mol. The van der Waals surface area contributed by atoms with Crippen molar-refractivity contribution in [2.75, 3.05) is 23.9 Å². The molecule has 202 valence electrons. The Balaban J connectivity index is 1.97. The van der Waals surface area contributed by atoms with E-state index in [0.717, 1.165) is 21.9 Å². The molecule has 1 atom stereocenters. The predicted molar refractivity (Wildman–Crippen MR) is 152 cm³/mol. The first-order chi connectivity index (χ1) is 18.1. The maximum Gasteiger partial charge on any atom is 0.264 e. The predicted octanol–water partition coefficient (Wildman–Crippen LogP) is 4.83. The fraction of sp³-hybridized carbons (Fsp3) is 0.310. The molecule has 9 heteroatoms. The lowest BCUT2D eigenvalue weighted by Gasteiger charge is -2.32. The zero-order valence-corrected chi connectivity index (χ0v) is 23.5. The normalized spacial score (nSPS) is 12.0. The molecule has 0 aliphatic heterocycles. The number of sulfonamides is 1. The molecule has 38 heavy (non-hydrogen) atoms. The van der Waals surface area contributed by atoms with E-state index in [1.165, 1.54) is 23.1 Å². The first-order valence-electron chi connectivity index (χ1n) is 12.6. The molecule has 3 rings (SSSR count). The fourth-order valence-corrected chi connectivity index (χ4v) is 5.55.